The largest absolute Gasteiger partial charge is 0.306 e. The number of nitrogens with one attached hydrogen (secondary N) is 1. The molecule has 1 N–H and O–H groups in total. The summed E-state index contributed by atoms with van der Waals surface area (Å²) in [4.78, 5) is 10.9. The highest BCUT2D eigenvalue weighted by Crippen LogP contribution is 2.27. The molecule has 4 heteroatoms. The maximum Gasteiger partial charge on any atom is 0.115 e. The molecule has 1 atom stereocenters. The lowest BCUT2D eigenvalue weighted by molar-refractivity contribution is 0.602. The van der Waals surface area contributed by atoms with Gasteiger partial charge in [0.05, 0.1) is 6.04 Å². The van der Waals surface area contributed by atoms with Crippen LogP contribution in [0.25, 0.3) is 0 Å². The Morgan fingerprint density at radius 3 is 2.65 bits per heavy atom. The molecule has 0 aliphatic heterocycles. The summed E-state index contributed by atoms with van der Waals surface area (Å²) in [6.07, 6.45) is 6.46. The molecule has 0 aliphatic carbocycles. The summed E-state index contributed by atoms with van der Waals surface area (Å²) in [5.74, 6) is 0. The van der Waals surface area contributed by atoms with Crippen molar-refractivity contribution in [3.63, 3.8) is 0 Å². The van der Waals surface area contributed by atoms with E-state index in [1.165, 1.54) is 9.75 Å². The van der Waals surface area contributed by atoms with E-state index in [1.807, 2.05) is 23.7 Å². The Labute approximate surface area is 106 Å². The van der Waals surface area contributed by atoms with Crippen molar-refractivity contribution < 1.29 is 0 Å². The fraction of sp³-hybridized carbons (Fsp3) is 0.385. The van der Waals surface area contributed by atoms with Gasteiger partial charge in [-0.1, -0.05) is 6.92 Å². The molecule has 2 aromatic heterocycles. The van der Waals surface area contributed by atoms with Crippen LogP contribution in [0.4, 0.5) is 0 Å². The standard InChI is InChI=1S/C13H17N3S/c1-3-6-16-13(11-7-14-9-15-8-11)12-5-4-10(2)17-12/h4-5,7-9,13,16H,3,6H2,1-2H3. The molecule has 0 aliphatic rings. The highest BCUT2D eigenvalue weighted by atomic mass is 32.1. The first-order valence-electron chi connectivity index (χ1n) is 5.86. The van der Waals surface area contributed by atoms with Crippen molar-refractivity contribution in [1.29, 1.82) is 0 Å². The van der Waals surface area contributed by atoms with Gasteiger partial charge in [0.2, 0.25) is 0 Å². The second-order valence-corrected chi connectivity index (χ2v) is 5.33. The zero-order chi connectivity index (χ0) is 12.1. The van der Waals surface area contributed by atoms with E-state index in [2.05, 4.69) is 41.3 Å². The van der Waals surface area contributed by atoms with Gasteiger partial charge in [-0.3, -0.25) is 0 Å². The smallest absolute Gasteiger partial charge is 0.115 e. The Balaban J connectivity index is 2.25. The Morgan fingerprint density at radius 2 is 2.06 bits per heavy atom. The Morgan fingerprint density at radius 1 is 1.29 bits per heavy atom. The summed E-state index contributed by atoms with van der Waals surface area (Å²) >= 11 is 1.82. The molecule has 0 saturated carbocycles. The van der Waals surface area contributed by atoms with Gasteiger partial charge in [0, 0.05) is 27.7 Å². The van der Waals surface area contributed by atoms with E-state index in [0.29, 0.717) is 0 Å². The van der Waals surface area contributed by atoms with E-state index in [-0.39, 0.29) is 6.04 Å². The van der Waals surface area contributed by atoms with Gasteiger partial charge in [-0.15, -0.1) is 11.3 Å². The van der Waals surface area contributed by atoms with Gasteiger partial charge < -0.3 is 5.32 Å². The normalized spacial score (nSPS) is 12.6. The monoisotopic (exact) mass is 247 g/mol. The average molecular weight is 247 g/mol. The molecule has 0 spiro atoms. The van der Waals surface area contributed by atoms with E-state index in [9.17, 15) is 0 Å². The molecular formula is C13H17N3S. The van der Waals surface area contributed by atoms with Crippen molar-refractivity contribution in [2.24, 2.45) is 0 Å². The summed E-state index contributed by atoms with van der Waals surface area (Å²) in [6.45, 7) is 5.30. The third-order valence-corrected chi connectivity index (χ3v) is 3.62. The van der Waals surface area contributed by atoms with Crippen molar-refractivity contribution >= 4 is 11.3 Å². The topological polar surface area (TPSA) is 37.8 Å². The molecule has 0 amide bonds. The van der Waals surface area contributed by atoms with Gasteiger partial charge in [-0.05, 0) is 32.0 Å². The highest BCUT2D eigenvalue weighted by Gasteiger charge is 2.15. The third kappa shape index (κ3) is 3.11. The zero-order valence-electron chi connectivity index (χ0n) is 10.2. The number of nitrogens with zero attached hydrogens (tertiary/aromatic N) is 2. The van der Waals surface area contributed by atoms with Gasteiger partial charge >= 0.3 is 0 Å². The first-order chi connectivity index (χ1) is 8.31. The molecule has 0 fully saturated rings. The molecule has 17 heavy (non-hydrogen) atoms. The van der Waals surface area contributed by atoms with Crippen LogP contribution in [-0.2, 0) is 0 Å². The molecule has 0 aromatic carbocycles. The predicted molar refractivity (Wildman–Crippen MR) is 71.2 cm³/mol. The molecule has 90 valence electrons. The highest BCUT2D eigenvalue weighted by molar-refractivity contribution is 7.12. The number of hydrogen-bond acceptors (Lipinski definition) is 4. The SMILES string of the molecule is CCCNC(c1cncnc1)c1ccc(C)s1. The molecule has 1 unspecified atom stereocenters. The first-order valence-corrected chi connectivity index (χ1v) is 6.67. The van der Waals surface area contributed by atoms with E-state index in [1.54, 1.807) is 6.33 Å². The van der Waals surface area contributed by atoms with Crippen molar-refractivity contribution in [2.75, 3.05) is 6.54 Å². The number of rotatable bonds is 5. The molecular weight excluding hydrogens is 230 g/mol. The summed E-state index contributed by atoms with van der Waals surface area (Å²) in [7, 11) is 0. The van der Waals surface area contributed by atoms with E-state index >= 15 is 0 Å². The maximum absolute atomic E-state index is 4.10. The molecule has 0 saturated heterocycles. The van der Waals surface area contributed by atoms with Crippen LogP contribution >= 0.6 is 11.3 Å². The van der Waals surface area contributed by atoms with E-state index in [4.69, 9.17) is 0 Å². The summed E-state index contributed by atoms with van der Waals surface area (Å²) in [5.41, 5.74) is 1.13. The van der Waals surface area contributed by atoms with Crippen molar-refractivity contribution in [2.45, 2.75) is 26.3 Å². The lowest BCUT2D eigenvalue weighted by Gasteiger charge is -2.16. The molecule has 3 nitrogen and oxygen atoms in total. The molecule has 2 heterocycles. The first kappa shape index (κ1) is 12.2. The van der Waals surface area contributed by atoms with Gasteiger partial charge in [0.25, 0.3) is 0 Å². The Bertz CT molecular complexity index is 453. The lowest BCUT2D eigenvalue weighted by atomic mass is 10.1. The molecule has 0 bridgehead atoms. The minimum Gasteiger partial charge on any atom is -0.306 e. The van der Waals surface area contributed by atoms with Crippen LogP contribution in [0, 0.1) is 6.92 Å². The number of aryl methyl sites for hydroxylation is 1. The second-order valence-electron chi connectivity index (χ2n) is 4.01. The van der Waals surface area contributed by atoms with Crippen molar-refractivity contribution in [3.05, 3.63) is 46.2 Å². The number of thiophene rings is 1. The van der Waals surface area contributed by atoms with Gasteiger partial charge in [-0.25, -0.2) is 9.97 Å². The number of aromatic nitrogens is 2. The third-order valence-electron chi connectivity index (χ3n) is 2.56. The van der Waals surface area contributed by atoms with Crippen LogP contribution in [0.3, 0.4) is 0 Å². The molecule has 0 radical (unpaired) electrons. The van der Waals surface area contributed by atoms with Gasteiger partial charge in [0.1, 0.15) is 6.33 Å². The summed E-state index contributed by atoms with van der Waals surface area (Å²) in [5, 5.41) is 3.55. The van der Waals surface area contributed by atoms with Crippen LogP contribution in [-0.4, -0.2) is 16.5 Å². The van der Waals surface area contributed by atoms with Crippen LogP contribution < -0.4 is 5.32 Å². The summed E-state index contributed by atoms with van der Waals surface area (Å²) in [6, 6.07) is 4.56. The van der Waals surface area contributed by atoms with Gasteiger partial charge in [0.15, 0.2) is 0 Å². The number of hydrogen-bond donors (Lipinski definition) is 1. The van der Waals surface area contributed by atoms with Crippen molar-refractivity contribution in [1.82, 2.24) is 15.3 Å². The van der Waals surface area contributed by atoms with E-state index < -0.39 is 0 Å². The van der Waals surface area contributed by atoms with Gasteiger partial charge in [-0.2, -0.15) is 0 Å². The lowest BCUT2D eigenvalue weighted by Crippen LogP contribution is -2.22. The fourth-order valence-electron chi connectivity index (χ4n) is 1.74. The van der Waals surface area contributed by atoms with Crippen LogP contribution in [0.2, 0.25) is 0 Å². The van der Waals surface area contributed by atoms with Crippen LogP contribution in [0.15, 0.2) is 30.9 Å². The molecule has 2 aromatic rings. The second kappa shape index (κ2) is 5.89. The van der Waals surface area contributed by atoms with Crippen LogP contribution in [0.1, 0.15) is 34.7 Å². The maximum atomic E-state index is 4.10. The van der Waals surface area contributed by atoms with Crippen molar-refractivity contribution in [3.8, 4) is 0 Å². The summed E-state index contributed by atoms with van der Waals surface area (Å²) < 4.78 is 0. The average Bonchev–Trinajstić information content (AvgIpc) is 2.78. The molecule has 2 rings (SSSR count). The zero-order valence-corrected chi connectivity index (χ0v) is 11.0. The fourth-order valence-corrected chi connectivity index (χ4v) is 2.72. The predicted octanol–water partition coefficient (Wildman–Crippen LogP) is 2.94. The Kier molecular flexibility index (Phi) is 4.23. The quantitative estimate of drug-likeness (QED) is 0.882. The van der Waals surface area contributed by atoms with E-state index in [0.717, 1.165) is 18.5 Å². The Hall–Kier alpha value is -1.26. The minimum atomic E-state index is 0.217. The minimum absolute atomic E-state index is 0.217. The van der Waals surface area contributed by atoms with Crippen LogP contribution in [0.5, 0.6) is 0 Å².